The lowest BCUT2D eigenvalue weighted by Crippen LogP contribution is -2.12. The zero-order valence-electron chi connectivity index (χ0n) is 8.92. The molecule has 0 saturated heterocycles. The molecule has 82 valence electrons. The summed E-state index contributed by atoms with van der Waals surface area (Å²) in [5.74, 6) is -0.242. The molecule has 1 N–H and O–H groups in total. The minimum Gasteiger partial charge on any atom is -0.322 e. The highest BCUT2D eigenvalue weighted by Crippen LogP contribution is 2.08. The maximum absolute atomic E-state index is 11.8. The molecule has 1 aromatic carbocycles. The third-order valence-corrected chi connectivity index (χ3v) is 2.17. The quantitative estimate of drug-likeness (QED) is 0.848. The number of hydrogen-bond acceptors (Lipinski definition) is 3. The number of nitrogens with zero attached hydrogens (tertiary/aromatic N) is 2. The lowest BCUT2D eigenvalue weighted by Gasteiger charge is -2.04. The van der Waals surface area contributed by atoms with Gasteiger partial charge in [0.05, 0.1) is 5.56 Å². The first-order valence-corrected chi connectivity index (χ1v) is 5.02. The van der Waals surface area contributed by atoms with Gasteiger partial charge in [-0.3, -0.25) is 4.79 Å². The fraction of sp³-hybridized carbons (Fsp3) is 0. The number of hydrogen-bond donors (Lipinski definition) is 1. The molecule has 4 heteroatoms. The van der Waals surface area contributed by atoms with Gasteiger partial charge in [-0.2, -0.15) is 5.26 Å². The van der Waals surface area contributed by atoms with Crippen LogP contribution < -0.4 is 5.32 Å². The summed E-state index contributed by atoms with van der Waals surface area (Å²) in [7, 11) is 0. The van der Waals surface area contributed by atoms with Crippen molar-refractivity contribution in [2.75, 3.05) is 5.32 Å². The molecule has 2 rings (SSSR count). The molecule has 0 atom stereocenters. The Labute approximate surface area is 98.5 Å². The van der Waals surface area contributed by atoms with Crippen molar-refractivity contribution in [3.8, 4) is 6.07 Å². The number of carbonyl (C=O) groups excluding carboxylic acids is 1. The van der Waals surface area contributed by atoms with Crippen LogP contribution in [0.3, 0.4) is 0 Å². The first kappa shape index (κ1) is 10.8. The number of benzene rings is 1. The predicted octanol–water partition coefficient (Wildman–Crippen LogP) is 2.21. The number of carbonyl (C=O) groups is 1. The molecule has 1 amide bonds. The van der Waals surface area contributed by atoms with Gasteiger partial charge in [0, 0.05) is 11.9 Å². The minimum atomic E-state index is -0.242. The van der Waals surface area contributed by atoms with Crippen molar-refractivity contribution in [1.82, 2.24) is 4.98 Å². The molecule has 0 aliphatic heterocycles. The van der Waals surface area contributed by atoms with Crippen LogP contribution in [-0.2, 0) is 0 Å². The van der Waals surface area contributed by atoms with E-state index in [9.17, 15) is 4.79 Å². The third-order valence-electron chi connectivity index (χ3n) is 2.17. The van der Waals surface area contributed by atoms with Crippen LogP contribution in [0.1, 0.15) is 16.1 Å². The molecular weight excluding hydrogens is 214 g/mol. The van der Waals surface area contributed by atoms with E-state index in [0.717, 1.165) is 5.69 Å². The van der Waals surface area contributed by atoms with Gasteiger partial charge in [0.1, 0.15) is 11.8 Å². The van der Waals surface area contributed by atoms with Crippen LogP contribution in [0.25, 0.3) is 0 Å². The summed E-state index contributed by atoms with van der Waals surface area (Å²) in [5, 5.41) is 11.3. The van der Waals surface area contributed by atoms with Gasteiger partial charge in [-0.25, -0.2) is 4.98 Å². The van der Waals surface area contributed by atoms with Crippen molar-refractivity contribution in [2.45, 2.75) is 0 Å². The van der Waals surface area contributed by atoms with Gasteiger partial charge in [0.15, 0.2) is 0 Å². The van der Waals surface area contributed by atoms with Crippen molar-refractivity contribution in [3.05, 3.63) is 59.9 Å². The number of nitriles is 1. The number of aromatic nitrogens is 1. The summed E-state index contributed by atoms with van der Waals surface area (Å²) in [5.41, 5.74) is 1.44. The fourth-order valence-electron chi connectivity index (χ4n) is 1.32. The van der Waals surface area contributed by atoms with Crippen molar-refractivity contribution in [1.29, 1.82) is 5.26 Å². The molecule has 0 unspecified atom stereocenters. The summed E-state index contributed by atoms with van der Waals surface area (Å²) in [6.07, 6.45) is 1.39. The molecule has 2 aromatic rings. The molecule has 0 spiro atoms. The third kappa shape index (κ3) is 2.67. The number of rotatable bonds is 2. The van der Waals surface area contributed by atoms with E-state index in [-0.39, 0.29) is 5.91 Å². The number of pyridine rings is 1. The van der Waals surface area contributed by atoms with E-state index >= 15 is 0 Å². The van der Waals surface area contributed by atoms with Crippen molar-refractivity contribution in [2.24, 2.45) is 0 Å². The van der Waals surface area contributed by atoms with Gasteiger partial charge < -0.3 is 5.32 Å². The van der Waals surface area contributed by atoms with E-state index in [1.165, 1.54) is 12.3 Å². The average Bonchev–Trinajstić information content (AvgIpc) is 2.40. The van der Waals surface area contributed by atoms with E-state index in [4.69, 9.17) is 5.26 Å². The second-order valence-electron chi connectivity index (χ2n) is 3.36. The Morgan fingerprint density at radius 1 is 1.18 bits per heavy atom. The van der Waals surface area contributed by atoms with Crippen LogP contribution >= 0.6 is 0 Å². The molecular formula is C13H9N3O. The zero-order valence-corrected chi connectivity index (χ0v) is 8.92. The van der Waals surface area contributed by atoms with E-state index in [1.807, 2.05) is 24.3 Å². The Kier molecular flexibility index (Phi) is 3.13. The lowest BCUT2D eigenvalue weighted by molar-refractivity contribution is 0.102. The molecule has 0 aliphatic carbocycles. The van der Waals surface area contributed by atoms with E-state index in [2.05, 4.69) is 10.3 Å². The zero-order chi connectivity index (χ0) is 12.1. The standard InChI is InChI=1S/C13H9N3O/c14-8-12-7-6-10(9-15-12)13(17)16-11-4-2-1-3-5-11/h1-7,9H,(H,16,17). The summed E-state index contributed by atoms with van der Waals surface area (Å²) < 4.78 is 0. The molecule has 0 saturated carbocycles. The normalized spacial score (nSPS) is 9.35. The van der Waals surface area contributed by atoms with Gasteiger partial charge in [-0.05, 0) is 24.3 Å². The highest BCUT2D eigenvalue weighted by Gasteiger charge is 2.05. The summed E-state index contributed by atoms with van der Waals surface area (Å²) in [6, 6.07) is 14.1. The van der Waals surface area contributed by atoms with Gasteiger partial charge >= 0.3 is 0 Å². The highest BCUT2D eigenvalue weighted by atomic mass is 16.1. The van der Waals surface area contributed by atoms with E-state index < -0.39 is 0 Å². The van der Waals surface area contributed by atoms with Crippen molar-refractivity contribution in [3.63, 3.8) is 0 Å². The number of amides is 1. The van der Waals surface area contributed by atoms with Gasteiger partial charge in [0.2, 0.25) is 0 Å². The smallest absolute Gasteiger partial charge is 0.257 e. The Balaban J connectivity index is 2.13. The molecule has 1 aromatic heterocycles. The van der Waals surface area contributed by atoms with Crippen LogP contribution in [0.2, 0.25) is 0 Å². The Morgan fingerprint density at radius 2 is 1.94 bits per heavy atom. The topological polar surface area (TPSA) is 65.8 Å². The largest absolute Gasteiger partial charge is 0.322 e. The highest BCUT2D eigenvalue weighted by molar-refractivity contribution is 6.04. The maximum Gasteiger partial charge on any atom is 0.257 e. The molecule has 0 radical (unpaired) electrons. The first-order chi connectivity index (χ1) is 8.29. The summed E-state index contributed by atoms with van der Waals surface area (Å²) >= 11 is 0. The Bertz CT molecular complexity index is 555. The van der Waals surface area contributed by atoms with Crippen molar-refractivity contribution < 1.29 is 4.79 Å². The molecule has 17 heavy (non-hydrogen) atoms. The molecule has 0 fully saturated rings. The molecule has 0 bridgehead atoms. The van der Waals surface area contributed by atoms with Gasteiger partial charge in [0.25, 0.3) is 5.91 Å². The van der Waals surface area contributed by atoms with Gasteiger partial charge in [-0.1, -0.05) is 18.2 Å². The first-order valence-electron chi connectivity index (χ1n) is 5.02. The summed E-state index contributed by atoms with van der Waals surface area (Å²) in [4.78, 5) is 15.6. The van der Waals surface area contributed by atoms with Crippen molar-refractivity contribution >= 4 is 11.6 Å². The van der Waals surface area contributed by atoms with Crippen LogP contribution in [-0.4, -0.2) is 10.9 Å². The predicted molar refractivity (Wildman–Crippen MR) is 63.3 cm³/mol. The van der Waals surface area contributed by atoms with Crippen LogP contribution in [0.15, 0.2) is 48.7 Å². The minimum absolute atomic E-state index is 0.242. The monoisotopic (exact) mass is 223 g/mol. The van der Waals surface area contributed by atoms with Crippen LogP contribution in [0.4, 0.5) is 5.69 Å². The number of nitrogens with one attached hydrogen (secondary N) is 1. The lowest BCUT2D eigenvalue weighted by atomic mass is 10.2. The second kappa shape index (κ2) is 4.90. The molecule has 1 heterocycles. The number of anilines is 1. The Morgan fingerprint density at radius 3 is 2.53 bits per heavy atom. The molecule has 4 nitrogen and oxygen atoms in total. The molecule has 0 aliphatic rings. The van der Waals surface area contributed by atoms with Crippen LogP contribution in [0.5, 0.6) is 0 Å². The van der Waals surface area contributed by atoms with Crippen LogP contribution in [0, 0.1) is 11.3 Å². The van der Waals surface area contributed by atoms with E-state index in [1.54, 1.807) is 18.2 Å². The maximum atomic E-state index is 11.8. The SMILES string of the molecule is N#Cc1ccc(C(=O)Nc2ccccc2)cn1. The summed E-state index contributed by atoms with van der Waals surface area (Å²) in [6.45, 7) is 0. The Hall–Kier alpha value is -2.67. The fourth-order valence-corrected chi connectivity index (χ4v) is 1.32. The van der Waals surface area contributed by atoms with E-state index in [0.29, 0.717) is 11.3 Å². The average molecular weight is 223 g/mol. The number of para-hydroxylation sites is 1. The second-order valence-corrected chi connectivity index (χ2v) is 3.36. The van der Waals surface area contributed by atoms with Gasteiger partial charge in [-0.15, -0.1) is 0 Å².